The quantitative estimate of drug-likeness (QED) is 0.136. The lowest BCUT2D eigenvalue weighted by Gasteiger charge is -2.50. The molecule has 0 radical (unpaired) electrons. The second-order valence-electron chi connectivity index (χ2n) is 18.5. The summed E-state index contributed by atoms with van der Waals surface area (Å²) in [7, 11) is 0. The van der Waals surface area contributed by atoms with E-state index >= 15 is 4.39 Å². The molecule has 65 heavy (non-hydrogen) atoms. The molecule has 336 valence electrons. The van der Waals surface area contributed by atoms with Gasteiger partial charge in [-0.1, -0.05) is 25.1 Å². The van der Waals surface area contributed by atoms with Gasteiger partial charge < -0.3 is 20.2 Å². The Labute approximate surface area is 374 Å². The van der Waals surface area contributed by atoms with Gasteiger partial charge in [0.15, 0.2) is 11.5 Å². The first-order valence-electron chi connectivity index (χ1n) is 22.9. The first-order valence-corrected chi connectivity index (χ1v) is 22.9. The fourth-order valence-corrected chi connectivity index (χ4v) is 11.0. The van der Waals surface area contributed by atoms with Crippen molar-refractivity contribution in [3.63, 3.8) is 0 Å². The minimum Gasteiger partial charge on any atom is -0.384 e. The van der Waals surface area contributed by atoms with E-state index in [0.717, 1.165) is 76.2 Å². The van der Waals surface area contributed by atoms with Crippen LogP contribution in [0.4, 0.5) is 21.7 Å². The van der Waals surface area contributed by atoms with Crippen LogP contribution >= 0.6 is 0 Å². The maximum Gasteiger partial charge on any atom is 0.278 e. The minimum absolute atomic E-state index is 0.175. The van der Waals surface area contributed by atoms with Gasteiger partial charge in [-0.15, -0.1) is 6.58 Å². The van der Waals surface area contributed by atoms with Crippen molar-refractivity contribution < 1.29 is 23.9 Å². The molecule has 1 unspecified atom stereocenters. The zero-order valence-corrected chi connectivity index (χ0v) is 36.4. The Morgan fingerprint density at radius 1 is 0.908 bits per heavy atom. The topological polar surface area (TPSA) is 174 Å². The molecule has 0 bridgehead atoms. The van der Waals surface area contributed by atoms with Crippen molar-refractivity contribution in [3.05, 3.63) is 111 Å². The largest absolute Gasteiger partial charge is 0.384 e. The first kappa shape index (κ1) is 41.4. The van der Waals surface area contributed by atoms with Crippen LogP contribution in [0.1, 0.15) is 83.8 Å². The van der Waals surface area contributed by atoms with Crippen molar-refractivity contribution in [2.75, 3.05) is 42.9 Å². The summed E-state index contributed by atoms with van der Waals surface area (Å²) in [5.74, 6) is -0.749. The molecule has 8 heterocycles. The normalized spacial score (nSPS) is 22.8. The number of piperidine rings is 2. The van der Waals surface area contributed by atoms with E-state index in [0.29, 0.717) is 64.7 Å². The molecule has 3 aromatic heterocycles. The molecule has 0 spiro atoms. The maximum absolute atomic E-state index is 15.5. The van der Waals surface area contributed by atoms with Crippen LogP contribution in [-0.2, 0) is 47.7 Å². The fourth-order valence-electron chi connectivity index (χ4n) is 11.0. The molecule has 16 nitrogen and oxygen atoms in total. The number of anilines is 3. The highest BCUT2D eigenvalue weighted by molar-refractivity contribution is 6.05. The second kappa shape index (κ2) is 16.0. The van der Waals surface area contributed by atoms with Gasteiger partial charge >= 0.3 is 0 Å². The maximum atomic E-state index is 15.5. The van der Waals surface area contributed by atoms with Crippen molar-refractivity contribution in [2.24, 2.45) is 0 Å². The molecule has 3 N–H and O–H groups in total. The molecule has 6 aliphatic rings. The lowest BCUT2D eigenvalue weighted by molar-refractivity contribution is -0.136. The molecular formula is C48H52FN11O5. The summed E-state index contributed by atoms with van der Waals surface area (Å²) in [4.78, 5) is 73.8. The van der Waals surface area contributed by atoms with Crippen molar-refractivity contribution in [1.29, 1.82) is 0 Å². The van der Waals surface area contributed by atoms with Gasteiger partial charge in [-0.2, -0.15) is 4.98 Å². The lowest BCUT2D eigenvalue weighted by Crippen LogP contribution is -2.62. The highest BCUT2D eigenvalue weighted by atomic mass is 19.1. The van der Waals surface area contributed by atoms with Gasteiger partial charge in [-0.3, -0.25) is 34.3 Å². The van der Waals surface area contributed by atoms with Crippen molar-refractivity contribution in [2.45, 2.75) is 102 Å². The Bertz CT molecular complexity index is 2860. The molecule has 5 aromatic rings. The Hall–Kier alpha value is -6.30. The van der Waals surface area contributed by atoms with E-state index in [-0.39, 0.29) is 48.9 Å². The number of hydrogen-bond acceptors (Lipinski definition) is 12. The molecule has 11 rings (SSSR count). The van der Waals surface area contributed by atoms with Crippen LogP contribution in [0.5, 0.6) is 0 Å². The Kier molecular flexibility index (Phi) is 10.2. The number of fused-ring (bicyclic) bond motifs is 4. The third-order valence-electron chi connectivity index (χ3n) is 14.8. The molecule has 0 saturated carbocycles. The molecule has 3 amide bonds. The van der Waals surface area contributed by atoms with E-state index in [1.54, 1.807) is 27.7 Å². The number of hydrogen-bond donors (Lipinski definition) is 3. The third-order valence-corrected chi connectivity index (χ3v) is 14.8. The van der Waals surface area contributed by atoms with Crippen LogP contribution < -0.4 is 21.1 Å². The first-order chi connectivity index (χ1) is 31.5. The summed E-state index contributed by atoms with van der Waals surface area (Å²) in [5.41, 5.74) is 5.78. The average molecular weight is 882 g/mol. The Morgan fingerprint density at radius 3 is 2.51 bits per heavy atom. The lowest BCUT2D eigenvalue weighted by atomic mass is 9.93. The third kappa shape index (κ3) is 7.11. The molecule has 3 saturated heterocycles. The standard InChI is InChI=1S/C48H52FN11O5/c1-3-16-59-46(64)36-23-50-47(54-43(36)60(59)40-9-6-28-11-15-48(65,4-2)42(28)52-40)51-32-7-5-30-24-56(17-12-29(30)20-32)33-13-18-55(19-14-33)34-26-57(27-34)39-21-31-25-58(45(63)35(31)22-37(39)49)38-8-10-41(61)53-44(38)62/h3,5-7,9,20-23,33-34,38,65H,1,4,8,10-19,24-27H2,2H3,(H,50,51,54)(H,53,61,62)/t38?,48-/m1/s1. The van der Waals surface area contributed by atoms with Gasteiger partial charge in [0, 0.05) is 81.8 Å². The number of imide groups is 1. The molecule has 1 aliphatic carbocycles. The van der Waals surface area contributed by atoms with Crippen LogP contribution in [0.25, 0.3) is 16.9 Å². The second-order valence-corrected chi connectivity index (χ2v) is 18.5. The number of rotatable bonds is 10. The van der Waals surface area contributed by atoms with Gasteiger partial charge in [-0.25, -0.2) is 23.7 Å². The summed E-state index contributed by atoms with van der Waals surface area (Å²) < 4.78 is 18.7. The number of likely N-dealkylation sites (tertiary alicyclic amines) is 1. The van der Waals surface area contributed by atoms with Crippen molar-refractivity contribution in [3.8, 4) is 5.82 Å². The number of nitrogens with zero attached hydrogens (tertiary/aromatic N) is 9. The smallest absolute Gasteiger partial charge is 0.278 e. The number of carbonyl (C=O) groups excluding carboxylic acids is 3. The van der Waals surface area contributed by atoms with E-state index in [2.05, 4.69) is 50.2 Å². The zero-order chi connectivity index (χ0) is 44.7. The molecular weight excluding hydrogens is 830 g/mol. The van der Waals surface area contributed by atoms with Gasteiger partial charge in [0.05, 0.1) is 17.9 Å². The summed E-state index contributed by atoms with van der Waals surface area (Å²) >= 11 is 0. The number of carbonyl (C=O) groups is 3. The van der Waals surface area contributed by atoms with Crippen LogP contribution in [-0.4, -0.2) is 113 Å². The Morgan fingerprint density at radius 2 is 1.72 bits per heavy atom. The summed E-state index contributed by atoms with van der Waals surface area (Å²) in [6, 6.07) is 13.4. The van der Waals surface area contributed by atoms with E-state index in [4.69, 9.17) is 9.97 Å². The summed E-state index contributed by atoms with van der Waals surface area (Å²) in [6.07, 6.45) is 8.64. The number of allylic oxidation sites excluding steroid dienone is 1. The highest BCUT2D eigenvalue weighted by Gasteiger charge is 2.42. The number of pyridine rings is 1. The summed E-state index contributed by atoms with van der Waals surface area (Å²) in [5, 5.41) is 17.4. The number of benzene rings is 2. The van der Waals surface area contributed by atoms with Crippen molar-refractivity contribution >= 4 is 46.1 Å². The van der Waals surface area contributed by atoms with Crippen LogP contribution in [0.2, 0.25) is 0 Å². The van der Waals surface area contributed by atoms with Gasteiger partial charge in [0.2, 0.25) is 17.8 Å². The predicted octanol–water partition coefficient (Wildman–Crippen LogP) is 4.06. The van der Waals surface area contributed by atoms with Gasteiger partial charge in [0.25, 0.3) is 11.5 Å². The van der Waals surface area contributed by atoms with E-state index in [1.165, 1.54) is 22.1 Å². The monoisotopic (exact) mass is 881 g/mol. The zero-order valence-electron chi connectivity index (χ0n) is 36.4. The molecule has 2 aromatic carbocycles. The summed E-state index contributed by atoms with van der Waals surface area (Å²) in [6.45, 7) is 11.5. The highest BCUT2D eigenvalue weighted by Crippen LogP contribution is 2.39. The van der Waals surface area contributed by atoms with Crippen LogP contribution in [0, 0.1) is 5.82 Å². The number of halogens is 1. The van der Waals surface area contributed by atoms with E-state index in [1.807, 2.05) is 24.0 Å². The number of aliphatic hydroxyl groups is 1. The van der Waals surface area contributed by atoms with Crippen LogP contribution in [0.15, 0.2) is 66.1 Å². The number of nitrogens with one attached hydrogen (secondary N) is 2. The number of amides is 3. The average Bonchev–Trinajstić information content (AvgIpc) is 3.90. The number of aryl methyl sites for hydroxylation is 1. The molecule has 5 aliphatic heterocycles. The van der Waals surface area contributed by atoms with E-state index < -0.39 is 23.4 Å². The minimum atomic E-state index is -1.00. The molecule has 3 fully saturated rings. The number of aromatic nitrogens is 5. The molecule has 17 heteroatoms. The van der Waals surface area contributed by atoms with Gasteiger partial charge in [0.1, 0.15) is 22.8 Å². The van der Waals surface area contributed by atoms with E-state index in [9.17, 15) is 24.3 Å². The molecule has 2 atom stereocenters. The van der Waals surface area contributed by atoms with Crippen molar-refractivity contribution in [1.82, 2.24) is 44.3 Å². The fraction of sp³-hybridized carbons (Fsp3) is 0.438. The Balaban J connectivity index is 0.712. The predicted molar refractivity (Wildman–Crippen MR) is 241 cm³/mol. The van der Waals surface area contributed by atoms with Crippen LogP contribution in [0.3, 0.4) is 0 Å². The van der Waals surface area contributed by atoms with Gasteiger partial charge in [-0.05, 0) is 97.5 Å². The SMILES string of the molecule is C=CCn1c(=O)c2cnc(Nc3ccc4c(c3)CCN(C3CCN(C5CN(c6cc7c(cc6F)C(=O)N(C6CCC(=O)NC6=O)C7)C5)CC3)C4)nc2n1-c1ccc2c(n1)[C@@](O)(CC)CC2.